The summed E-state index contributed by atoms with van der Waals surface area (Å²) in [7, 11) is 0. The summed E-state index contributed by atoms with van der Waals surface area (Å²) in [5.74, 6) is 0.623. The van der Waals surface area contributed by atoms with Crippen LogP contribution in [0.25, 0.3) is 103 Å². The predicted molar refractivity (Wildman–Crippen MR) is 252 cm³/mol. The zero-order valence-corrected chi connectivity index (χ0v) is 33.9. The van der Waals surface area contributed by atoms with Crippen LogP contribution in [0, 0.1) is 0 Å². The number of hydrogen-bond donors (Lipinski definition) is 0. The molecule has 14 rings (SSSR count). The molecule has 8 aromatic carbocycles. The van der Waals surface area contributed by atoms with E-state index in [1.165, 1.54) is 64.0 Å². The maximum Gasteiger partial charge on any atom is 0.333 e. The highest BCUT2D eigenvalue weighted by atomic mass is 32.1. The minimum atomic E-state index is -0.165. The quantitative estimate of drug-likeness (QED) is 0.164. The van der Waals surface area contributed by atoms with Gasteiger partial charge in [-0.15, -0.1) is 11.3 Å². The second-order valence-electron chi connectivity index (χ2n) is 17.5. The lowest BCUT2D eigenvalue weighted by molar-refractivity contribution is 0.590. The van der Waals surface area contributed by atoms with Crippen LogP contribution in [0.1, 0.15) is 26.3 Å². The number of thiophene rings is 1. The Morgan fingerprint density at radius 1 is 0.567 bits per heavy atom. The molecule has 0 aliphatic carbocycles. The molecular weight excluding hydrogens is 753 g/mol. The van der Waals surface area contributed by atoms with Gasteiger partial charge in [0.15, 0.2) is 5.58 Å². The summed E-state index contributed by atoms with van der Waals surface area (Å²) in [6, 6.07) is 55.4. The standard InChI is InChI=1S/C53H34BN3O2S/c1-53(2,3)30-17-19-31(20-18-30)57-43-23-38-32-13-7-9-15-45(32)58-46(38)25-36(43)34-21-22-35-37-26-49-39(33-14-8-10-16-48(33)60-49)24-42(37)56-44-28-47-41(27-40(44)54(57)50(34)51(35)56)55-52(59-47)29-11-5-4-6-12-29/h4-28H,1-3H3. The lowest BCUT2D eigenvalue weighted by Crippen LogP contribution is -2.60. The third-order valence-corrected chi connectivity index (χ3v) is 14.3. The van der Waals surface area contributed by atoms with Gasteiger partial charge in [-0.05, 0) is 94.2 Å². The van der Waals surface area contributed by atoms with Gasteiger partial charge in [-0.2, -0.15) is 0 Å². The molecule has 7 heteroatoms. The van der Waals surface area contributed by atoms with Crippen LogP contribution < -0.4 is 15.7 Å². The highest BCUT2D eigenvalue weighted by Gasteiger charge is 2.45. The predicted octanol–water partition coefficient (Wildman–Crippen LogP) is 13.4. The van der Waals surface area contributed by atoms with Gasteiger partial charge < -0.3 is 18.2 Å². The van der Waals surface area contributed by atoms with Crippen molar-refractivity contribution in [1.82, 2.24) is 9.55 Å². The van der Waals surface area contributed by atoms with Crippen LogP contribution in [-0.2, 0) is 5.41 Å². The van der Waals surface area contributed by atoms with Crippen LogP contribution >= 0.6 is 11.3 Å². The smallest absolute Gasteiger partial charge is 0.333 e. The molecule has 0 fully saturated rings. The third kappa shape index (κ3) is 4.29. The number of nitrogens with zero attached hydrogens (tertiary/aromatic N) is 3. The van der Waals surface area contributed by atoms with E-state index < -0.39 is 0 Å². The molecule has 0 saturated carbocycles. The minimum Gasteiger partial charge on any atom is -0.456 e. The van der Waals surface area contributed by atoms with Crippen molar-refractivity contribution in [3.63, 3.8) is 0 Å². The molecule has 282 valence electrons. The maximum atomic E-state index is 6.66. The van der Waals surface area contributed by atoms with Crippen LogP contribution in [0.5, 0.6) is 0 Å². The zero-order chi connectivity index (χ0) is 39.6. The van der Waals surface area contributed by atoms with E-state index in [9.17, 15) is 0 Å². The molecule has 5 nitrogen and oxygen atoms in total. The third-order valence-electron chi connectivity index (χ3n) is 13.1. The first-order valence-electron chi connectivity index (χ1n) is 20.6. The number of anilines is 2. The van der Waals surface area contributed by atoms with Gasteiger partial charge in [-0.25, -0.2) is 4.98 Å². The molecule has 12 aromatic rings. The average Bonchev–Trinajstić information content (AvgIpc) is 4.04. The van der Waals surface area contributed by atoms with Crippen molar-refractivity contribution in [1.29, 1.82) is 0 Å². The average molecular weight is 788 g/mol. The highest BCUT2D eigenvalue weighted by molar-refractivity contribution is 7.25. The summed E-state index contributed by atoms with van der Waals surface area (Å²) in [5.41, 5.74) is 16.4. The second-order valence-corrected chi connectivity index (χ2v) is 18.6. The largest absolute Gasteiger partial charge is 0.456 e. The summed E-state index contributed by atoms with van der Waals surface area (Å²) in [5, 5.41) is 7.31. The van der Waals surface area contributed by atoms with Crippen LogP contribution in [-0.4, -0.2) is 16.4 Å². The lowest BCUT2D eigenvalue weighted by atomic mass is 9.44. The SMILES string of the molecule is CC(C)(C)c1ccc(N2B3c4cc5nc(-c6ccccc6)oc5cc4-n4c5cc6c(cc5c5ccc(c3c54)-c3cc4oc5ccccc5c4cc32)sc2ccccc26)cc1. The molecule has 0 unspecified atom stereocenters. The normalized spacial score (nSPS) is 13.5. The van der Waals surface area contributed by atoms with Gasteiger partial charge >= 0.3 is 6.85 Å². The molecule has 0 atom stereocenters. The molecule has 4 aromatic heterocycles. The van der Waals surface area contributed by atoms with Crippen molar-refractivity contribution in [2.45, 2.75) is 26.2 Å². The number of furan rings is 1. The van der Waals surface area contributed by atoms with Gasteiger partial charge in [0.2, 0.25) is 5.89 Å². The van der Waals surface area contributed by atoms with E-state index >= 15 is 0 Å². The molecule has 2 aliphatic rings. The number of oxazole rings is 1. The fraction of sp³-hybridized carbons (Fsp3) is 0.0755. The van der Waals surface area contributed by atoms with Crippen LogP contribution in [0.4, 0.5) is 11.4 Å². The molecule has 0 saturated heterocycles. The number of para-hydroxylation sites is 1. The van der Waals surface area contributed by atoms with E-state index in [1.807, 2.05) is 29.5 Å². The van der Waals surface area contributed by atoms with Gasteiger partial charge in [0.25, 0.3) is 0 Å². The molecule has 6 heterocycles. The van der Waals surface area contributed by atoms with Crippen LogP contribution in [0.2, 0.25) is 0 Å². The fourth-order valence-corrected chi connectivity index (χ4v) is 11.5. The number of rotatable bonds is 2. The Hall–Kier alpha value is -7.09. The molecule has 0 bridgehead atoms. The van der Waals surface area contributed by atoms with E-state index in [0.29, 0.717) is 5.89 Å². The van der Waals surface area contributed by atoms with Gasteiger partial charge in [0, 0.05) is 76.0 Å². The Labute approximate surface area is 348 Å². The Bertz CT molecular complexity index is 3830. The second kappa shape index (κ2) is 11.3. The van der Waals surface area contributed by atoms with Gasteiger partial charge in [0.05, 0.1) is 11.0 Å². The molecule has 0 radical (unpaired) electrons. The minimum absolute atomic E-state index is 0.0193. The van der Waals surface area contributed by atoms with Crippen LogP contribution in [0.15, 0.2) is 160 Å². The number of benzene rings is 8. The summed E-state index contributed by atoms with van der Waals surface area (Å²) in [6.45, 7) is 6.67. The Morgan fingerprint density at radius 2 is 1.37 bits per heavy atom. The van der Waals surface area contributed by atoms with Crippen molar-refractivity contribution in [3.8, 4) is 28.3 Å². The molecule has 60 heavy (non-hydrogen) atoms. The Balaban J connectivity index is 1.14. The van der Waals surface area contributed by atoms with Crippen molar-refractivity contribution >= 4 is 116 Å². The number of aromatic nitrogens is 2. The Kier molecular flexibility index (Phi) is 6.21. The van der Waals surface area contributed by atoms with Crippen molar-refractivity contribution in [3.05, 3.63) is 157 Å². The lowest BCUT2D eigenvalue weighted by Gasteiger charge is -2.42. The van der Waals surface area contributed by atoms with Gasteiger partial charge in [-0.1, -0.05) is 99.6 Å². The van der Waals surface area contributed by atoms with Crippen LogP contribution in [0.3, 0.4) is 0 Å². The van der Waals surface area contributed by atoms with Gasteiger partial charge in [-0.3, -0.25) is 0 Å². The molecule has 0 amide bonds. The fourth-order valence-electron chi connectivity index (χ4n) is 10.4. The molecule has 0 spiro atoms. The monoisotopic (exact) mass is 787 g/mol. The first-order valence-corrected chi connectivity index (χ1v) is 21.5. The van der Waals surface area contributed by atoms with E-state index in [0.717, 1.165) is 61.2 Å². The van der Waals surface area contributed by atoms with Crippen molar-refractivity contribution in [2.24, 2.45) is 0 Å². The highest BCUT2D eigenvalue weighted by Crippen LogP contribution is 2.49. The molecular formula is C53H34BN3O2S. The zero-order valence-electron chi connectivity index (χ0n) is 33.1. The summed E-state index contributed by atoms with van der Waals surface area (Å²) >= 11 is 1.87. The molecule has 2 aliphatic heterocycles. The number of hydrogen-bond acceptors (Lipinski definition) is 5. The Morgan fingerprint density at radius 3 is 2.22 bits per heavy atom. The first kappa shape index (κ1) is 32.8. The topological polar surface area (TPSA) is 47.3 Å². The van der Waals surface area contributed by atoms with E-state index in [-0.39, 0.29) is 12.3 Å². The van der Waals surface area contributed by atoms with Crippen molar-refractivity contribution in [2.75, 3.05) is 4.81 Å². The van der Waals surface area contributed by atoms with Gasteiger partial charge in [0.1, 0.15) is 16.7 Å². The first-order chi connectivity index (χ1) is 29.4. The van der Waals surface area contributed by atoms with E-state index in [4.69, 9.17) is 13.8 Å². The number of fused-ring (bicyclic) bond motifs is 15. The molecule has 0 N–H and O–H groups in total. The van der Waals surface area contributed by atoms with E-state index in [1.54, 1.807) is 0 Å². The summed E-state index contributed by atoms with van der Waals surface area (Å²) in [4.78, 5) is 7.75. The maximum absolute atomic E-state index is 6.66. The van der Waals surface area contributed by atoms with Crippen molar-refractivity contribution < 1.29 is 8.83 Å². The summed E-state index contributed by atoms with van der Waals surface area (Å²) in [6.07, 6.45) is 0. The van der Waals surface area contributed by atoms with E-state index in [2.05, 4.69) is 164 Å². The summed E-state index contributed by atoms with van der Waals surface area (Å²) < 4.78 is 18.4.